The van der Waals surface area contributed by atoms with Gasteiger partial charge in [-0.05, 0) is 18.4 Å². The molecule has 2 aliphatic rings. The van der Waals surface area contributed by atoms with Crippen LogP contribution in [-0.4, -0.2) is 34.6 Å². The summed E-state index contributed by atoms with van der Waals surface area (Å²) >= 11 is 1.68. The van der Waals surface area contributed by atoms with Crippen LogP contribution < -0.4 is 5.32 Å². The minimum Gasteiger partial charge on any atom is -0.352 e. The van der Waals surface area contributed by atoms with Crippen molar-refractivity contribution in [2.45, 2.75) is 44.1 Å². The number of hydrogen-bond acceptors (Lipinski definition) is 3. The van der Waals surface area contributed by atoms with Crippen molar-refractivity contribution in [3.63, 3.8) is 0 Å². The summed E-state index contributed by atoms with van der Waals surface area (Å²) in [5, 5.41) is 2.98. The number of carbonyl (C=O) groups excluding carboxylic acids is 2. The van der Waals surface area contributed by atoms with Gasteiger partial charge in [0.05, 0.1) is 0 Å². The average molecular weight is 318 g/mol. The van der Waals surface area contributed by atoms with E-state index in [2.05, 4.69) is 5.32 Å². The van der Waals surface area contributed by atoms with Crippen molar-refractivity contribution in [3.05, 3.63) is 35.9 Å². The molecule has 0 aromatic heterocycles. The standard InChI is InChI=1S/C17H22N2O2S/c1-11(2)16(21)19-14(15(20)18-13-8-9-13)10-22-17(19)12-6-4-3-5-7-12/h3-7,11,13-14,17H,8-10H2,1-2H3,(H,18,20). The maximum Gasteiger partial charge on any atom is 0.243 e. The Balaban J connectivity index is 1.84. The second-order valence-corrected chi connectivity index (χ2v) is 7.41. The number of carbonyl (C=O) groups is 2. The Labute approximate surface area is 135 Å². The monoisotopic (exact) mass is 318 g/mol. The first-order chi connectivity index (χ1) is 10.6. The highest BCUT2D eigenvalue weighted by molar-refractivity contribution is 7.99. The lowest BCUT2D eigenvalue weighted by Gasteiger charge is -2.30. The van der Waals surface area contributed by atoms with Crippen LogP contribution in [0.25, 0.3) is 0 Å². The SMILES string of the molecule is CC(C)C(=O)N1C(C(=O)NC2CC2)CSC1c1ccccc1. The molecule has 1 aromatic rings. The molecule has 2 fully saturated rings. The Kier molecular flexibility index (Phi) is 4.43. The van der Waals surface area contributed by atoms with E-state index in [1.54, 1.807) is 16.7 Å². The second kappa shape index (κ2) is 6.32. The minimum atomic E-state index is -0.356. The quantitative estimate of drug-likeness (QED) is 0.928. The van der Waals surface area contributed by atoms with Crippen molar-refractivity contribution in [2.75, 3.05) is 5.75 Å². The van der Waals surface area contributed by atoms with Crippen LogP contribution in [0.3, 0.4) is 0 Å². The first kappa shape index (κ1) is 15.4. The van der Waals surface area contributed by atoms with Gasteiger partial charge in [-0.25, -0.2) is 0 Å². The highest BCUT2D eigenvalue weighted by Gasteiger charge is 2.43. The van der Waals surface area contributed by atoms with Gasteiger partial charge in [0, 0.05) is 17.7 Å². The molecule has 0 spiro atoms. The summed E-state index contributed by atoms with van der Waals surface area (Å²) in [5.41, 5.74) is 1.09. The van der Waals surface area contributed by atoms with Crippen LogP contribution in [0, 0.1) is 5.92 Å². The molecule has 0 radical (unpaired) electrons. The fourth-order valence-corrected chi connectivity index (χ4v) is 4.11. The van der Waals surface area contributed by atoms with Gasteiger partial charge in [-0.2, -0.15) is 0 Å². The largest absolute Gasteiger partial charge is 0.352 e. The first-order valence-corrected chi connectivity index (χ1v) is 8.92. The lowest BCUT2D eigenvalue weighted by Crippen LogP contribution is -2.49. The van der Waals surface area contributed by atoms with Crippen LogP contribution in [-0.2, 0) is 9.59 Å². The topological polar surface area (TPSA) is 49.4 Å². The summed E-state index contributed by atoms with van der Waals surface area (Å²) in [6, 6.07) is 9.94. The summed E-state index contributed by atoms with van der Waals surface area (Å²) in [6.07, 6.45) is 2.12. The van der Waals surface area contributed by atoms with Crippen LogP contribution in [0.2, 0.25) is 0 Å². The summed E-state index contributed by atoms with van der Waals surface area (Å²) in [4.78, 5) is 27.0. The summed E-state index contributed by atoms with van der Waals surface area (Å²) in [7, 11) is 0. The van der Waals surface area contributed by atoms with E-state index < -0.39 is 0 Å². The zero-order chi connectivity index (χ0) is 15.7. The number of rotatable bonds is 4. The van der Waals surface area contributed by atoms with E-state index in [9.17, 15) is 9.59 Å². The Morgan fingerprint density at radius 1 is 1.23 bits per heavy atom. The Bertz CT molecular complexity index is 557. The molecule has 2 amide bonds. The van der Waals surface area contributed by atoms with Crippen LogP contribution in [0.15, 0.2) is 30.3 Å². The Morgan fingerprint density at radius 2 is 1.91 bits per heavy atom. The fraction of sp³-hybridized carbons (Fsp3) is 0.529. The molecule has 1 aliphatic heterocycles. The number of nitrogens with zero attached hydrogens (tertiary/aromatic N) is 1. The maximum absolute atomic E-state index is 12.7. The van der Waals surface area contributed by atoms with E-state index >= 15 is 0 Å². The fourth-order valence-electron chi connectivity index (χ4n) is 2.68. The highest BCUT2D eigenvalue weighted by atomic mass is 32.2. The molecule has 4 nitrogen and oxygen atoms in total. The van der Waals surface area contributed by atoms with Crippen molar-refractivity contribution < 1.29 is 9.59 Å². The second-order valence-electron chi connectivity index (χ2n) is 6.30. The predicted octanol–water partition coefficient (Wildman–Crippen LogP) is 2.56. The molecule has 1 saturated carbocycles. The van der Waals surface area contributed by atoms with Gasteiger partial charge >= 0.3 is 0 Å². The molecule has 118 valence electrons. The number of benzene rings is 1. The van der Waals surface area contributed by atoms with Gasteiger partial charge in [0.1, 0.15) is 11.4 Å². The molecule has 3 rings (SSSR count). The van der Waals surface area contributed by atoms with Gasteiger partial charge in [-0.15, -0.1) is 11.8 Å². The molecular formula is C17H22N2O2S. The first-order valence-electron chi connectivity index (χ1n) is 7.87. The Hall–Kier alpha value is -1.49. The van der Waals surface area contributed by atoms with Gasteiger partial charge in [0.15, 0.2) is 0 Å². The molecule has 2 unspecified atom stereocenters. The van der Waals surface area contributed by atoms with Gasteiger partial charge in [-0.3, -0.25) is 9.59 Å². The molecule has 22 heavy (non-hydrogen) atoms. The third-order valence-corrected chi connectivity index (χ3v) is 5.38. The maximum atomic E-state index is 12.7. The molecule has 2 atom stereocenters. The lowest BCUT2D eigenvalue weighted by atomic mass is 10.1. The zero-order valence-corrected chi connectivity index (χ0v) is 13.8. The molecular weight excluding hydrogens is 296 g/mol. The summed E-state index contributed by atoms with van der Waals surface area (Å²) in [5.74, 6) is 0.606. The smallest absolute Gasteiger partial charge is 0.243 e. The predicted molar refractivity (Wildman–Crippen MR) is 88.3 cm³/mol. The summed E-state index contributed by atoms with van der Waals surface area (Å²) < 4.78 is 0. The van der Waals surface area contributed by atoms with Gasteiger partial charge < -0.3 is 10.2 Å². The number of amides is 2. The van der Waals surface area contributed by atoms with Crippen LogP contribution in [0.4, 0.5) is 0 Å². The van der Waals surface area contributed by atoms with E-state index in [4.69, 9.17) is 0 Å². The van der Waals surface area contributed by atoms with Crippen LogP contribution >= 0.6 is 11.8 Å². The van der Waals surface area contributed by atoms with Crippen molar-refractivity contribution >= 4 is 23.6 Å². The van der Waals surface area contributed by atoms with Gasteiger partial charge in [0.25, 0.3) is 0 Å². The van der Waals surface area contributed by atoms with Crippen LogP contribution in [0.5, 0.6) is 0 Å². The normalized spacial score (nSPS) is 24.6. The van der Waals surface area contributed by atoms with Crippen LogP contribution in [0.1, 0.15) is 37.6 Å². The third-order valence-electron chi connectivity index (χ3n) is 4.06. The van der Waals surface area contributed by atoms with Crippen molar-refractivity contribution in [1.82, 2.24) is 10.2 Å². The third kappa shape index (κ3) is 3.14. The van der Waals surface area contributed by atoms with E-state index in [0.717, 1.165) is 18.4 Å². The molecule has 0 bridgehead atoms. The Morgan fingerprint density at radius 3 is 2.50 bits per heavy atom. The molecule has 5 heteroatoms. The molecule has 1 aromatic carbocycles. The minimum absolute atomic E-state index is 0.00225. The van der Waals surface area contributed by atoms with Gasteiger partial charge in [-0.1, -0.05) is 44.2 Å². The van der Waals surface area contributed by atoms with Crippen molar-refractivity contribution in [2.24, 2.45) is 5.92 Å². The van der Waals surface area contributed by atoms with E-state index in [-0.39, 0.29) is 29.1 Å². The van der Waals surface area contributed by atoms with E-state index in [1.807, 2.05) is 44.2 Å². The van der Waals surface area contributed by atoms with Crippen molar-refractivity contribution in [3.8, 4) is 0 Å². The van der Waals surface area contributed by atoms with Crippen molar-refractivity contribution in [1.29, 1.82) is 0 Å². The number of hydrogen-bond donors (Lipinski definition) is 1. The molecule has 1 aliphatic carbocycles. The molecule has 1 N–H and O–H groups in total. The highest BCUT2D eigenvalue weighted by Crippen LogP contribution is 2.42. The zero-order valence-electron chi connectivity index (χ0n) is 13.0. The summed E-state index contributed by atoms with van der Waals surface area (Å²) in [6.45, 7) is 3.78. The number of nitrogens with one attached hydrogen (secondary N) is 1. The average Bonchev–Trinajstić information content (AvgIpc) is 3.21. The van der Waals surface area contributed by atoms with Gasteiger partial charge in [0.2, 0.25) is 11.8 Å². The number of thioether (sulfide) groups is 1. The van der Waals surface area contributed by atoms with E-state index in [1.165, 1.54) is 0 Å². The molecule has 1 saturated heterocycles. The lowest BCUT2D eigenvalue weighted by molar-refractivity contribution is -0.142. The van der Waals surface area contributed by atoms with E-state index in [0.29, 0.717) is 11.8 Å². The molecule has 1 heterocycles.